The van der Waals surface area contributed by atoms with Crippen LogP contribution in [-0.4, -0.2) is 37.5 Å². The maximum absolute atomic E-state index is 13.0. The summed E-state index contributed by atoms with van der Waals surface area (Å²) in [5, 5.41) is 6.44. The van der Waals surface area contributed by atoms with E-state index in [1.165, 1.54) is 39.6 Å². The molecule has 1 fully saturated rings. The molecule has 0 aliphatic carbocycles. The van der Waals surface area contributed by atoms with E-state index in [0.29, 0.717) is 17.7 Å². The van der Waals surface area contributed by atoms with Gasteiger partial charge in [-0.1, -0.05) is 45.9 Å². The third-order valence-electron chi connectivity index (χ3n) is 5.79. The summed E-state index contributed by atoms with van der Waals surface area (Å²) in [6.07, 6.45) is 1.21. The van der Waals surface area contributed by atoms with Gasteiger partial charge in [-0.3, -0.25) is 0 Å². The van der Waals surface area contributed by atoms with E-state index in [1.807, 2.05) is 10.8 Å². The molecule has 1 aliphatic heterocycles. The second-order valence-electron chi connectivity index (χ2n) is 8.98. The van der Waals surface area contributed by atoms with E-state index >= 15 is 0 Å². The fourth-order valence-electron chi connectivity index (χ4n) is 3.98. The molecule has 0 spiro atoms. The van der Waals surface area contributed by atoms with Crippen LogP contribution < -0.4 is 15.5 Å². The van der Waals surface area contributed by atoms with E-state index < -0.39 is 9.06 Å². The summed E-state index contributed by atoms with van der Waals surface area (Å²) in [6, 6.07) is 15.1. The van der Waals surface area contributed by atoms with Crippen molar-refractivity contribution in [2.24, 2.45) is 0 Å². The highest BCUT2D eigenvalue weighted by Gasteiger charge is 2.32. The lowest BCUT2D eigenvalue weighted by Crippen LogP contribution is -2.32. The lowest BCUT2D eigenvalue weighted by Gasteiger charge is -2.35. The number of hydrogen-bond acceptors (Lipinski definition) is 3. The maximum Gasteiger partial charge on any atom is 0.319 e. The molecule has 2 N–H and O–H groups in total. The van der Waals surface area contributed by atoms with Gasteiger partial charge in [-0.25, -0.2) is 4.79 Å². The number of para-hydroxylation sites is 1. The van der Waals surface area contributed by atoms with E-state index in [2.05, 4.69) is 99.8 Å². The van der Waals surface area contributed by atoms with E-state index in [1.54, 1.807) is 0 Å². The lowest BCUT2D eigenvalue weighted by atomic mass is 9.93. The molecule has 1 unspecified atom stereocenters. The van der Waals surface area contributed by atoms with Crippen molar-refractivity contribution >= 4 is 37.3 Å². The molecule has 0 radical (unpaired) electrons. The Bertz CT molecular complexity index is 862. The van der Waals surface area contributed by atoms with Crippen molar-refractivity contribution in [2.45, 2.75) is 50.8 Å². The van der Waals surface area contributed by atoms with Crippen LogP contribution in [-0.2, 0) is 0 Å². The smallest absolute Gasteiger partial charge is 0.319 e. The molecule has 0 saturated carbocycles. The molecule has 1 heterocycles. The van der Waals surface area contributed by atoms with Crippen LogP contribution in [0.25, 0.3) is 0 Å². The number of urea groups is 1. The molecule has 0 bridgehead atoms. The van der Waals surface area contributed by atoms with Gasteiger partial charge >= 0.3 is 6.03 Å². The first-order valence-electron chi connectivity index (χ1n) is 11.1. The minimum Gasteiger partial charge on any atom is -0.378 e. The Morgan fingerprint density at radius 3 is 2.13 bits per heavy atom. The van der Waals surface area contributed by atoms with Crippen molar-refractivity contribution < 1.29 is 4.79 Å². The molecular weight excluding hydrogens is 422 g/mol. The molecule has 0 aromatic heterocycles. The lowest BCUT2D eigenvalue weighted by molar-refractivity contribution is 0.253. The van der Waals surface area contributed by atoms with Gasteiger partial charge in [0, 0.05) is 36.1 Å². The average molecular weight is 460 g/mol. The van der Waals surface area contributed by atoms with E-state index in [4.69, 9.17) is 0 Å². The van der Waals surface area contributed by atoms with Gasteiger partial charge in [-0.15, -0.1) is 19.9 Å². The predicted molar refractivity (Wildman–Crippen MR) is 140 cm³/mol. The van der Waals surface area contributed by atoms with E-state index in [9.17, 15) is 4.79 Å². The van der Waals surface area contributed by atoms with Crippen molar-refractivity contribution in [1.29, 1.82) is 0 Å². The number of benzene rings is 2. The highest BCUT2D eigenvalue weighted by atomic mass is 33.2. The SMILES string of the molecule is CC(C)c1cccc(C(C)C)c1NC(=O)NCS1(c2ccc(N(C)C)cc2)CCCS1. The van der Waals surface area contributed by atoms with Gasteiger partial charge in [0.15, 0.2) is 0 Å². The molecule has 2 aromatic rings. The Labute approximate surface area is 193 Å². The summed E-state index contributed by atoms with van der Waals surface area (Å²) in [5.41, 5.74) is 4.57. The number of amides is 2. The van der Waals surface area contributed by atoms with Crippen LogP contribution in [0.4, 0.5) is 16.2 Å². The number of rotatable bonds is 7. The fraction of sp³-hybridized carbons (Fsp3) is 0.480. The monoisotopic (exact) mass is 459 g/mol. The van der Waals surface area contributed by atoms with Gasteiger partial charge in [0.2, 0.25) is 0 Å². The minimum absolute atomic E-state index is 0.0979. The van der Waals surface area contributed by atoms with E-state index in [-0.39, 0.29) is 6.03 Å². The summed E-state index contributed by atoms with van der Waals surface area (Å²) < 4.78 is 0. The van der Waals surface area contributed by atoms with Crippen molar-refractivity contribution in [3.05, 3.63) is 53.6 Å². The quantitative estimate of drug-likeness (QED) is 0.438. The number of nitrogens with zero attached hydrogens (tertiary/aromatic N) is 1. The molecule has 3 rings (SSSR count). The Hall–Kier alpha value is -1.79. The highest BCUT2D eigenvalue weighted by Crippen LogP contribution is 2.69. The van der Waals surface area contributed by atoms with Crippen molar-refractivity contribution in [3.8, 4) is 0 Å². The summed E-state index contributed by atoms with van der Waals surface area (Å²) in [7, 11) is 5.08. The highest BCUT2D eigenvalue weighted by molar-refractivity contribution is 8.94. The molecule has 2 aromatic carbocycles. The second kappa shape index (κ2) is 10.2. The Morgan fingerprint density at radius 1 is 1.03 bits per heavy atom. The number of nitrogens with one attached hydrogen (secondary N) is 2. The summed E-state index contributed by atoms with van der Waals surface area (Å²) >= 11 is 0. The number of hydrogen-bond donors (Lipinski definition) is 2. The molecule has 1 aliphatic rings. The van der Waals surface area contributed by atoms with Crippen LogP contribution in [0.3, 0.4) is 0 Å². The molecule has 1 atom stereocenters. The van der Waals surface area contributed by atoms with Gasteiger partial charge in [0.05, 0.1) is 5.88 Å². The predicted octanol–water partition coefficient (Wildman–Crippen LogP) is 6.99. The van der Waals surface area contributed by atoms with Crippen LogP contribution in [0.1, 0.15) is 57.1 Å². The number of carbonyl (C=O) groups excluding carboxylic acids is 1. The molecule has 1 saturated heterocycles. The Kier molecular flexibility index (Phi) is 7.87. The Balaban J connectivity index is 1.76. The molecule has 6 heteroatoms. The van der Waals surface area contributed by atoms with Crippen LogP contribution >= 0.6 is 19.9 Å². The molecule has 170 valence electrons. The summed E-state index contributed by atoms with van der Waals surface area (Å²) in [6.45, 7) is 8.70. The zero-order valence-corrected chi connectivity index (χ0v) is 21.3. The third-order valence-corrected chi connectivity index (χ3v) is 12.7. The van der Waals surface area contributed by atoms with E-state index in [0.717, 1.165) is 5.69 Å². The Morgan fingerprint density at radius 2 is 1.65 bits per heavy atom. The first kappa shape index (κ1) is 23.9. The van der Waals surface area contributed by atoms with Gasteiger partial charge in [-0.2, -0.15) is 0 Å². The third kappa shape index (κ3) is 5.53. The van der Waals surface area contributed by atoms with Crippen LogP contribution in [0.15, 0.2) is 47.4 Å². The van der Waals surface area contributed by atoms with Crippen LogP contribution in [0.5, 0.6) is 0 Å². The van der Waals surface area contributed by atoms with Crippen molar-refractivity contribution in [3.63, 3.8) is 0 Å². The van der Waals surface area contributed by atoms with Gasteiger partial charge in [-0.05, 0) is 59.4 Å². The maximum atomic E-state index is 13.0. The zero-order valence-electron chi connectivity index (χ0n) is 19.7. The van der Waals surface area contributed by atoms with Crippen molar-refractivity contribution in [1.82, 2.24) is 5.32 Å². The molecule has 31 heavy (non-hydrogen) atoms. The standard InChI is InChI=1S/C25H37N3OS2/c1-18(2)22-9-7-10-23(19(3)4)24(22)27-25(29)26-17-31(16-8-15-30-31)21-13-11-20(12-14-21)28(5)6/h7,9-14,18-19H,8,15-17H2,1-6H3,(H2,26,27,29). The molecule has 2 amide bonds. The minimum atomic E-state index is -1.10. The van der Waals surface area contributed by atoms with Crippen molar-refractivity contribution in [2.75, 3.05) is 41.7 Å². The largest absolute Gasteiger partial charge is 0.378 e. The summed E-state index contributed by atoms with van der Waals surface area (Å²) in [4.78, 5) is 16.5. The average Bonchev–Trinajstić information content (AvgIpc) is 3.22. The van der Waals surface area contributed by atoms with Crippen LogP contribution in [0.2, 0.25) is 0 Å². The molecular formula is C25H37N3OS2. The van der Waals surface area contributed by atoms with Gasteiger partial charge < -0.3 is 15.5 Å². The normalized spacial score (nSPS) is 20.5. The number of anilines is 2. The fourth-order valence-corrected chi connectivity index (χ4v) is 10.4. The first-order chi connectivity index (χ1) is 14.7. The topological polar surface area (TPSA) is 44.4 Å². The van der Waals surface area contributed by atoms with Crippen LogP contribution in [0, 0.1) is 0 Å². The molecule has 4 nitrogen and oxygen atoms in total. The first-order valence-corrected chi connectivity index (χ1v) is 14.6. The van der Waals surface area contributed by atoms with Gasteiger partial charge in [0.1, 0.15) is 0 Å². The second-order valence-corrected chi connectivity index (χ2v) is 15.0. The zero-order chi connectivity index (χ0) is 22.6. The number of carbonyl (C=O) groups is 1. The summed E-state index contributed by atoms with van der Waals surface area (Å²) in [5.74, 6) is 3.75. The van der Waals surface area contributed by atoms with Gasteiger partial charge in [0.25, 0.3) is 0 Å².